The molecule has 137 heavy (non-hydrogen) atoms. The molecule has 8 aromatic carbocycles. The number of benzene rings is 8. The van der Waals surface area contributed by atoms with E-state index in [9.17, 15) is 45.6 Å². The Hall–Kier alpha value is -13.7. The van der Waals surface area contributed by atoms with Crippen molar-refractivity contribution in [2.24, 2.45) is 27.4 Å². The Morgan fingerprint density at radius 3 is 1.19 bits per heavy atom. The number of pyridine rings is 4. The smallest absolute Gasteiger partial charge is 0.255 e. The molecular weight excluding hydrogens is 1860 g/mol. The average molecular weight is 1960 g/mol. The van der Waals surface area contributed by atoms with E-state index in [1.54, 1.807) is 171 Å². The molecule has 6 amide bonds. The predicted octanol–water partition coefficient (Wildman–Crippen LogP) is 19.2. The molecule has 13 aromatic rings. The normalized spacial score (nSPS) is 13.9. The zero-order chi connectivity index (χ0) is 96.8. The van der Waals surface area contributed by atoms with Gasteiger partial charge < -0.3 is 53.7 Å². The van der Waals surface area contributed by atoms with Crippen LogP contribution in [0.4, 0.5) is 34.1 Å². The van der Waals surface area contributed by atoms with Gasteiger partial charge in [-0.2, -0.15) is 0 Å². The van der Waals surface area contributed by atoms with Gasteiger partial charge in [0, 0.05) is 164 Å². The van der Waals surface area contributed by atoms with E-state index in [1.807, 2.05) is 89.8 Å². The van der Waals surface area contributed by atoms with Gasteiger partial charge in [0.1, 0.15) is 11.7 Å². The number of anilines is 6. The minimum absolute atomic E-state index is 0.110. The second kappa shape index (κ2) is 49.2. The van der Waals surface area contributed by atoms with Crippen molar-refractivity contribution in [3.05, 3.63) is 338 Å². The number of nitrogens with zero attached hydrogens (tertiary/aromatic N) is 8. The number of aromatic amines is 1. The number of aryl methyl sites for hydroxylation is 1. The van der Waals surface area contributed by atoms with Crippen LogP contribution >= 0.6 is 46.4 Å². The monoisotopic (exact) mass is 1960 g/mol. The van der Waals surface area contributed by atoms with E-state index in [-0.39, 0.29) is 53.2 Å². The number of hydrogen-bond donors (Lipinski definition) is 10. The summed E-state index contributed by atoms with van der Waals surface area (Å²) in [7, 11) is -6.70. The zero-order valence-electron chi connectivity index (χ0n) is 75.3. The lowest BCUT2D eigenvalue weighted by atomic mass is 9.88. The summed E-state index contributed by atoms with van der Waals surface area (Å²) in [4.78, 5) is 112. The van der Waals surface area contributed by atoms with Gasteiger partial charge in [-0.3, -0.25) is 63.6 Å². The summed E-state index contributed by atoms with van der Waals surface area (Å²) in [6.07, 6.45) is 24.5. The molecule has 0 bridgehead atoms. The van der Waals surface area contributed by atoms with E-state index >= 15 is 0 Å². The van der Waals surface area contributed by atoms with Crippen molar-refractivity contribution in [3.63, 3.8) is 0 Å². The lowest BCUT2D eigenvalue weighted by Crippen LogP contribution is -2.31. The summed E-state index contributed by atoms with van der Waals surface area (Å²) in [6, 6.07) is 67.1. The molecule has 1 atom stereocenters. The molecule has 0 spiro atoms. The highest BCUT2D eigenvalue weighted by atomic mass is 35.5. The Kier molecular flexibility index (Phi) is 36.2. The number of nitrogens with one attached hydrogen (secondary N) is 8. The molecule has 1 unspecified atom stereocenters. The van der Waals surface area contributed by atoms with Crippen LogP contribution in [0.25, 0.3) is 45.0 Å². The molecule has 5 aromatic heterocycles. The van der Waals surface area contributed by atoms with Gasteiger partial charge in [0.15, 0.2) is 19.7 Å². The summed E-state index contributed by atoms with van der Waals surface area (Å²) >= 11 is 25.3. The highest BCUT2D eigenvalue weighted by Gasteiger charge is 2.26. The summed E-state index contributed by atoms with van der Waals surface area (Å²) in [5, 5.41) is 22.8. The molecule has 28 nitrogen and oxygen atoms in total. The lowest BCUT2D eigenvalue weighted by Gasteiger charge is -2.22. The Morgan fingerprint density at radius 1 is 0.431 bits per heavy atom. The molecular formula is C103H104Cl4N18O10S2. The molecule has 0 radical (unpaired) electrons. The number of imidazole rings is 1. The van der Waals surface area contributed by atoms with Crippen molar-refractivity contribution in [1.82, 2.24) is 40.1 Å². The van der Waals surface area contributed by atoms with E-state index in [1.165, 1.54) is 25.0 Å². The van der Waals surface area contributed by atoms with Crippen molar-refractivity contribution in [3.8, 4) is 45.0 Å². The summed E-state index contributed by atoms with van der Waals surface area (Å²) in [5.74, 6) is -1.30. The maximum Gasteiger partial charge on any atom is 0.255 e. The van der Waals surface area contributed by atoms with Gasteiger partial charge >= 0.3 is 0 Å². The summed E-state index contributed by atoms with van der Waals surface area (Å²) in [6.45, 7) is 4.33. The first-order chi connectivity index (χ1) is 66.1. The van der Waals surface area contributed by atoms with Gasteiger partial charge in [-0.25, -0.2) is 21.8 Å². The number of rotatable bonds is 30. The lowest BCUT2D eigenvalue weighted by molar-refractivity contribution is -0.120. The Bertz CT molecular complexity index is 6680. The van der Waals surface area contributed by atoms with Crippen LogP contribution in [-0.4, -0.2) is 157 Å². The maximum atomic E-state index is 13.1. The number of carbonyl (C=O) groups is 6. The van der Waals surface area contributed by atoms with Crippen LogP contribution in [0.1, 0.15) is 140 Å². The van der Waals surface area contributed by atoms with Crippen LogP contribution in [0.5, 0.6) is 0 Å². The van der Waals surface area contributed by atoms with Crippen LogP contribution in [-0.2, 0) is 47.2 Å². The highest BCUT2D eigenvalue weighted by molar-refractivity contribution is 7.90. The van der Waals surface area contributed by atoms with E-state index in [0.29, 0.717) is 135 Å². The topological polar surface area (TPSA) is 415 Å². The minimum Gasteiger partial charge on any atom is -0.384 e. The Labute approximate surface area is 816 Å². The number of sulfone groups is 2. The molecule has 16 rings (SSSR count). The van der Waals surface area contributed by atoms with Crippen molar-refractivity contribution in [2.45, 2.75) is 94.6 Å². The second-order valence-corrected chi connectivity index (χ2v) is 39.1. The quantitative estimate of drug-likeness (QED) is 0.0114. The molecule has 1 aliphatic carbocycles. The zero-order valence-corrected chi connectivity index (χ0v) is 80.0. The third-order valence-corrected chi connectivity index (χ3v) is 25.6. The van der Waals surface area contributed by atoms with Crippen LogP contribution in [0.15, 0.2) is 278 Å². The summed E-state index contributed by atoms with van der Waals surface area (Å²) < 4.78 is 47.8. The molecule has 7 heterocycles. The SMILES string of the molecule is CS(=O)(=O)Cc1ccc(C(=O)Nc2ccc(Cl)c(-c3ccccn3)c2)cc1NC(=O)C1CCCCC1.CS(=O)(=O)Cc1ccc(C(=O)Nc2ccc(Cl)c(-c3ccccn3)c2)cc1NC(=O)CN1CCCC1.NC(=NCCC1CCCN1)c1ccc(C(=O)Nc2ccc(Cl)c(-c3ccccn3)c2)cc1.NC(=NCCCc1cnc[nH]1)c1ccc(C(=O)Nc2ccc(Cl)c(-c3ccccn3)c2)cc1. The first-order valence-corrected chi connectivity index (χ1v) is 50.3. The third-order valence-electron chi connectivity index (χ3n) is 22.6. The molecule has 12 N–H and O–H groups in total. The number of H-pyrrole nitrogens is 1. The van der Waals surface area contributed by atoms with Crippen molar-refractivity contribution in [1.29, 1.82) is 0 Å². The van der Waals surface area contributed by atoms with Gasteiger partial charge in [0.25, 0.3) is 23.6 Å². The van der Waals surface area contributed by atoms with E-state index < -0.39 is 31.5 Å². The molecule has 2 aliphatic heterocycles. The molecule has 3 fully saturated rings. The molecule has 1 saturated carbocycles. The van der Waals surface area contributed by atoms with Crippen LogP contribution in [0, 0.1) is 5.92 Å². The number of likely N-dealkylation sites (tertiary alicyclic amines) is 1. The molecule has 34 heteroatoms. The van der Waals surface area contributed by atoms with Crippen LogP contribution < -0.4 is 48.7 Å². The fourth-order valence-electron chi connectivity index (χ4n) is 15.5. The standard InChI is InChI=1S/C27H28ClN3O4S.C26H27ClN4O4S.C25H23ClN6O.C25H26ClN5O/c1-36(34,35)17-20-11-10-19(15-25(20)31-26(32)18-7-3-2-4-8-18)27(33)30-21-12-13-23(28)22(16-21)24-9-5-6-14-29-24;1-36(34,35)17-19-8-7-18(14-24(19)30-25(32)16-31-12-4-5-13-31)26(33)29-20-9-10-22(27)21(15-20)23-6-2-3-11-28-23;26-22-11-10-19(14-21(22)23-5-1-2-12-29-23)32-25(33)18-8-6-17(7-9-18)24(27)30-13-3-4-20-15-28-16-31-20;26-22-11-10-20(16-21(22)23-5-1-2-13-29-23)31-25(32)18-8-6-17(7-9-18)24(27)30-15-12-19-4-3-14-28-19/h5-6,9-16,18H,2-4,7-8,17H2,1H3,(H,30,33)(H,31,32);2-3,6-11,14-15H,4-5,12-13,16-17H2,1H3,(H,29,33)(H,30,32);1-2,5-12,14-16H,3-4,13H2,(H2,27,30)(H,28,31)(H,32,33);1-2,5-11,13,16,19,28H,3-4,12,14-15H2,(H2,27,30)(H,31,32). The number of aromatic nitrogens is 6. The fourth-order valence-corrected chi connectivity index (χ4v) is 18.0. The minimum atomic E-state index is -3.36. The molecule has 706 valence electrons. The van der Waals surface area contributed by atoms with Crippen LogP contribution in [0.2, 0.25) is 20.1 Å². The molecule has 2 saturated heterocycles. The van der Waals surface area contributed by atoms with Gasteiger partial charge in [-0.05, 0) is 258 Å². The Morgan fingerprint density at radius 2 is 0.818 bits per heavy atom. The largest absolute Gasteiger partial charge is 0.384 e. The van der Waals surface area contributed by atoms with Gasteiger partial charge in [0.05, 0.1) is 67.2 Å². The number of amidine groups is 2. The van der Waals surface area contributed by atoms with Crippen molar-refractivity contribution >= 4 is 147 Å². The van der Waals surface area contributed by atoms with Gasteiger partial charge in [-0.15, -0.1) is 0 Å². The van der Waals surface area contributed by atoms with Crippen molar-refractivity contribution in [2.75, 3.05) is 83.7 Å². The van der Waals surface area contributed by atoms with E-state index in [2.05, 4.69) is 77.1 Å². The number of amides is 6. The number of halogens is 4. The number of hydrogen-bond acceptors (Lipinski definition) is 19. The number of carbonyl (C=O) groups excluding carboxylic acids is 6. The van der Waals surface area contributed by atoms with Crippen molar-refractivity contribution < 1.29 is 45.6 Å². The fraction of sp³-hybridized carbons (Fsp3) is 0.233. The summed E-state index contributed by atoms with van der Waals surface area (Å²) in [5.41, 5.74) is 26.0. The highest BCUT2D eigenvalue weighted by Crippen LogP contribution is 2.36. The Balaban J connectivity index is 0.000000155. The van der Waals surface area contributed by atoms with E-state index in [4.69, 9.17) is 57.9 Å². The maximum absolute atomic E-state index is 13.1. The second-order valence-electron chi connectivity index (χ2n) is 33.1. The number of nitrogens with two attached hydrogens (primary N) is 2. The predicted molar refractivity (Wildman–Crippen MR) is 547 cm³/mol. The first kappa shape index (κ1) is 101. The van der Waals surface area contributed by atoms with Crippen LogP contribution in [0.3, 0.4) is 0 Å². The average Bonchev–Trinajstić information content (AvgIpc) is 1.45. The van der Waals surface area contributed by atoms with Gasteiger partial charge in [-0.1, -0.05) is 126 Å². The molecule has 3 aliphatic rings. The third kappa shape index (κ3) is 30.7. The first-order valence-electron chi connectivity index (χ1n) is 44.6. The number of aliphatic imine (C=N–C) groups is 2. The van der Waals surface area contributed by atoms with E-state index in [0.717, 1.165) is 136 Å². The van der Waals surface area contributed by atoms with Gasteiger partial charge in [0.2, 0.25) is 11.8 Å².